The number of benzene rings is 2. The van der Waals surface area contributed by atoms with Gasteiger partial charge in [0, 0.05) is 37.7 Å². The Labute approximate surface area is 277 Å². The van der Waals surface area contributed by atoms with Crippen LogP contribution >= 0.6 is 0 Å². The van der Waals surface area contributed by atoms with E-state index in [0.29, 0.717) is 29.8 Å². The van der Waals surface area contributed by atoms with Gasteiger partial charge in [-0.05, 0) is 69.2 Å². The van der Waals surface area contributed by atoms with Crippen LogP contribution in [0.25, 0.3) is 11.5 Å². The molecule has 1 aliphatic rings. The summed E-state index contributed by atoms with van der Waals surface area (Å²) in [4.78, 5) is 21.1. The van der Waals surface area contributed by atoms with Crippen LogP contribution in [0.5, 0.6) is 0 Å². The Bertz CT molecular complexity index is 1810. The van der Waals surface area contributed by atoms with Crippen molar-refractivity contribution in [3.63, 3.8) is 0 Å². The molecule has 1 saturated carbocycles. The van der Waals surface area contributed by atoms with Crippen molar-refractivity contribution in [2.24, 2.45) is 11.8 Å². The van der Waals surface area contributed by atoms with E-state index in [1.807, 2.05) is 75.4 Å². The molecule has 1 fully saturated rings. The fourth-order valence-corrected chi connectivity index (χ4v) is 6.57. The van der Waals surface area contributed by atoms with Gasteiger partial charge in [-0.2, -0.15) is 0 Å². The van der Waals surface area contributed by atoms with Crippen LogP contribution in [0.3, 0.4) is 0 Å². The second-order valence-corrected chi connectivity index (χ2v) is 15.8. The van der Waals surface area contributed by atoms with Crippen molar-refractivity contribution >= 4 is 27.8 Å². The summed E-state index contributed by atoms with van der Waals surface area (Å²) < 4.78 is 32.9. The molecule has 0 bridgehead atoms. The summed E-state index contributed by atoms with van der Waals surface area (Å²) in [6, 6.07) is 23.1. The van der Waals surface area contributed by atoms with Crippen molar-refractivity contribution in [1.82, 2.24) is 20.1 Å². The fourth-order valence-electron chi connectivity index (χ4n) is 6.14. The molecule has 3 unspecified atom stereocenters. The summed E-state index contributed by atoms with van der Waals surface area (Å²) >= 11 is 0. The Kier molecular flexibility index (Phi) is 9.36. The highest BCUT2D eigenvalue weighted by molar-refractivity contribution is 7.92. The zero-order valence-electron chi connectivity index (χ0n) is 28.1. The van der Waals surface area contributed by atoms with Crippen LogP contribution in [-0.2, 0) is 28.5 Å². The van der Waals surface area contributed by atoms with Crippen molar-refractivity contribution in [3.05, 3.63) is 89.8 Å². The van der Waals surface area contributed by atoms with Gasteiger partial charge in [0.2, 0.25) is 21.8 Å². The molecule has 5 rings (SSSR count). The lowest BCUT2D eigenvalue weighted by Gasteiger charge is -2.45. The smallest absolute Gasteiger partial charge is 0.408 e. The van der Waals surface area contributed by atoms with Gasteiger partial charge in [0.25, 0.3) is 0 Å². The number of hydrogen-bond acceptors (Lipinski definition) is 8. The average molecular weight is 661 g/mol. The van der Waals surface area contributed by atoms with Gasteiger partial charge in [-0.15, -0.1) is 10.2 Å². The molecule has 12 heteroatoms. The molecule has 11 nitrogen and oxygen atoms in total. The van der Waals surface area contributed by atoms with Crippen molar-refractivity contribution in [3.8, 4) is 11.5 Å². The minimum atomic E-state index is -3.65. The third-order valence-corrected chi connectivity index (χ3v) is 9.95. The lowest BCUT2D eigenvalue weighted by Crippen LogP contribution is -2.57. The van der Waals surface area contributed by atoms with Gasteiger partial charge < -0.3 is 14.4 Å². The van der Waals surface area contributed by atoms with Crippen LogP contribution in [0, 0.1) is 11.8 Å². The monoisotopic (exact) mass is 660 g/mol. The third-order valence-electron chi connectivity index (χ3n) is 8.77. The Morgan fingerprint density at radius 3 is 2.06 bits per heavy atom. The van der Waals surface area contributed by atoms with E-state index in [1.165, 1.54) is 11.9 Å². The molecule has 0 aliphatic heterocycles. The second kappa shape index (κ2) is 13.0. The molecule has 2 aromatic carbocycles. The highest BCUT2D eigenvalue weighted by atomic mass is 32.2. The third kappa shape index (κ3) is 7.75. The van der Waals surface area contributed by atoms with Gasteiger partial charge in [0.15, 0.2) is 0 Å². The fraction of sp³-hybridized carbons (Fsp3) is 0.429. The maximum Gasteiger partial charge on any atom is 0.408 e. The second-order valence-electron chi connectivity index (χ2n) is 13.8. The molecule has 250 valence electrons. The quantitative estimate of drug-likeness (QED) is 0.183. The lowest BCUT2D eigenvalue weighted by atomic mass is 9.87. The molecule has 1 aliphatic carbocycles. The standard InChI is InChI=1S/C35H44N6O5S/c1-24-18-28(24)23-40(22-26-16-12-9-13-17-26)30-20-27(19-29(36-30)39(6)47(7,44)45)31-37-38-32(46-31)35(5,21-25-14-10-8-11-15-25)41(33(42)43)34(2,3)4/h8-17,19-20,24,28H,18,21-23H2,1-7H3,(H,42,43). The number of pyridine rings is 1. The van der Waals surface area contributed by atoms with E-state index in [4.69, 9.17) is 9.40 Å². The molecule has 0 spiro atoms. The van der Waals surface area contributed by atoms with Gasteiger partial charge in [0.05, 0.1) is 6.26 Å². The predicted molar refractivity (Wildman–Crippen MR) is 183 cm³/mol. The number of amides is 1. The van der Waals surface area contributed by atoms with E-state index in [0.717, 1.165) is 34.7 Å². The van der Waals surface area contributed by atoms with Crippen LogP contribution in [0.2, 0.25) is 0 Å². The first-order chi connectivity index (χ1) is 22.1. The first kappa shape index (κ1) is 33.9. The lowest BCUT2D eigenvalue weighted by molar-refractivity contribution is 0.00810. The molecule has 47 heavy (non-hydrogen) atoms. The van der Waals surface area contributed by atoms with E-state index in [9.17, 15) is 18.3 Å². The van der Waals surface area contributed by atoms with Crippen LogP contribution in [0.4, 0.5) is 16.4 Å². The van der Waals surface area contributed by atoms with Gasteiger partial charge >= 0.3 is 6.09 Å². The molecule has 1 amide bonds. The van der Waals surface area contributed by atoms with E-state index in [-0.39, 0.29) is 24.0 Å². The molecular formula is C35H44N6O5S. The molecule has 2 heterocycles. The highest BCUT2D eigenvalue weighted by Gasteiger charge is 2.47. The molecule has 4 aromatic rings. The summed E-state index contributed by atoms with van der Waals surface area (Å²) in [6.07, 6.45) is 1.40. The number of carbonyl (C=O) groups is 1. The number of sulfonamides is 1. The Balaban J connectivity index is 1.63. The first-order valence-electron chi connectivity index (χ1n) is 15.7. The Morgan fingerprint density at radius 1 is 0.957 bits per heavy atom. The summed E-state index contributed by atoms with van der Waals surface area (Å²) in [5, 5.41) is 19.3. The summed E-state index contributed by atoms with van der Waals surface area (Å²) in [5.74, 6) is 2.12. The first-order valence-corrected chi connectivity index (χ1v) is 17.6. The van der Waals surface area contributed by atoms with Gasteiger partial charge in [-0.25, -0.2) is 18.2 Å². The maximum atomic E-state index is 12.8. The molecule has 0 radical (unpaired) electrons. The maximum absolute atomic E-state index is 12.8. The average Bonchev–Trinajstić information content (AvgIpc) is 3.45. The van der Waals surface area contributed by atoms with Crippen LogP contribution in [0.15, 0.2) is 77.2 Å². The molecule has 3 atom stereocenters. The van der Waals surface area contributed by atoms with E-state index in [1.54, 1.807) is 13.0 Å². The van der Waals surface area contributed by atoms with Crippen molar-refractivity contribution < 1.29 is 22.7 Å². The zero-order chi connectivity index (χ0) is 34.1. The van der Waals surface area contributed by atoms with Gasteiger partial charge in [-0.3, -0.25) is 9.21 Å². The minimum Gasteiger partial charge on any atom is -0.465 e. The summed E-state index contributed by atoms with van der Waals surface area (Å²) in [5.41, 5.74) is 0.427. The normalized spacial score (nSPS) is 17.5. The van der Waals surface area contributed by atoms with Gasteiger partial charge in [-0.1, -0.05) is 67.6 Å². The van der Waals surface area contributed by atoms with Crippen LogP contribution < -0.4 is 9.21 Å². The number of carboxylic acid groups (broad SMARTS) is 1. The highest BCUT2D eigenvalue weighted by Crippen LogP contribution is 2.41. The zero-order valence-corrected chi connectivity index (χ0v) is 28.9. The molecule has 1 N–H and O–H groups in total. The van der Waals surface area contributed by atoms with E-state index >= 15 is 0 Å². The van der Waals surface area contributed by atoms with Crippen molar-refractivity contribution in [2.75, 3.05) is 29.1 Å². The molecule has 2 aromatic heterocycles. The summed E-state index contributed by atoms with van der Waals surface area (Å²) in [7, 11) is -2.19. The van der Waals surface area contributed by atoms with Crippen molar-refractivity contribution in [1.29, 1.82) is 0 Å². The van der Waals surface area contributed by atoms with E-state index in [2.05, 4.69) is 34.2 Å². The minimum absolute atomic E-state index is 0.123. The number of nitrogens with zero attached hydrogens (tertiary/aromatic N) is 6. The molecular weight excluding hydrogens is 616 g/mol. The molecule has 0 saturated heterocycles. The summed E-state index contributed by atoms with van der Waals surface area (Å²) in [6.45, 7) is 10.8. The Hall–Kier alpha value is -4.45. The van der Waals surface area contributed by atoms with E-state index < -0.39 is 27.2 Å². The number of anilines is 2. The SMILES string of the molecule is CC1CC1CN(Cc1ccccc1)c1cc(-c2nnc(C(C)(Cc3ccccc3)N(C(=O)O)C(C)(C)C)o2)cc(N(C)S(C)(=O)=O)n1. The van der Waals surface area contributed by atoms with Crippen LogP contribution in [-0.4, -0.2) is 65.1 Å². The van der Waals surface area contributed by atoms with Gasteiger partial charge in [0.1, 0.15) is 17.2 Å². The number of aromatic nitrogens is 3. The largest absolute Gasteiger partial charge is 0.465 e. The number of rotatable bonds is 12. The Morgan fingerprint density at radius 2 is 1.53 bits per heavy atom. The van der Waals surface area contributed by atoms with Crippen molar-refractivity contribution in [2.45, 2.75) is 65.1 Å². The predicted octanol–water partition coefficient (Wildman–Crippen LogP) is 6.43. The number of hydrogen-bond donors (Lipinski definition) is 1. The van der Waals surface area contributed by atoms with Crippen LogP contribution in [0.1, 0.15) is 58.1 Å². The topological polar surface area (TPSA) is 133 Å².